The lowest BCUT2D eigenvalue weighted by atomic mass is 9.99. The Labute approximate surface area is 162 Å². The molecule has 1 spiro atoms. The quantitative estimate of drug-likeness (QED) is 0.795. The monoisotopic (exact) mass is 372 g/mol. The molecule has 0 radical (unpaired) electrons. The minimum Gasteiger partial charge on any atom is -0.444 e. The highest BCUT2D eigenvalue weighted by atomic mass is 35.5. The number of hydrogen-bond acceptors (Lipinski definition) is 4. The van der Waals surface area contributed by atoms with E-state index in [0.717, 1.165) is 0 Å². The molecule has 0 aliphatic carbocycles. The van der Waals surface area contributed by atoms with Gasteiger partial charge in [0, 0.05) is 14.3 Å². The number of likely N-dealkylation sites (tertiary alicyclic amines) is 1. The van der Waals surface area contributed by atoms with Gasteiger partial charge in [-0.1, -0.05) is 23.7 Å². The molecule has 2 fully saturated rings. The van der Waals surface area contributed by atoms with Crippen LogP contribution in [0.5, 0.6) is 0 Å². The summed E-state index contributed by atoms with van der Waals surface area (Å²) in [6.07, 6.45) is -2.35. The van der Waals surface area contributed by atoms with E-state index in [-0.39, 0.29) is 15.8 Å². The van der Waals surface area contributed by atoms with E-state index >= 15 is 0 Å². The zero-order chi connectivity index (χ0) is 24.5. The highest BCUT2D eigenvalue weighted by Gasteiger charge is 2.47. The Hall–Kier alpha value is -1.79. The Morgan fingerprint density at radius 1 is 1.48 bits per heavy atom. The third-order valence-corrected chi connectivity index (χ3v) is 3.77. The van der Waals surface area contributed by atoms with E-state index in [1.165, 1.54) is 45.0 Å². The lowest BCUT2D eigenvalue weighted by molar-refractivity contribution is -0.121. The highest BCUT2D eigenvalue weighted by molar-refractivity contribution is 6.30. The van der Waals surface area contributed by atoms with Gasteiger partial charge in [-0.25, -0.2) is 4.79 Å². The van der Waals surface area contributed by atoms with Crippen LogP contribution in [0.15, 0.2) is 24.3 Å². The first-order valence-electron chi connectivity index (χ1n) is 11.2. The van der Waals surface area contributed by atoms with Gasteiger partial charge in [-0.3, -0.25) is 10.1 Å². The standard InChI is InChI=1S/C18H24ClN3O3/c1-17(2,3)25-16(24)22-10-4-9-18(11-22)20-14(15(23)21-18)12-5-7-13(19)8-6-12/h5-8,14,20H,4,9-11H2,1-3H3,(H,21,23)/i10D2,11D2,14D/hD2. The van der Waals surface area contributed by atoms with Crippen LogP contribution in [-0.4, -0.2) is 41.2 Å². The molecule has 2 saturated heterocycles. The molecule has 2 amide bonds. The first-order chi connectivity index (χ1) is 14.4. The van der Waals surface area contributed by atoms with Crippen LogP contribution in [0.4, 0.5) is 4.79 Å². The van der Waals surface area contributed by atoms with Crippen molar-refractivity contribution >= 4 is 23.6 Å². The van der Waals surface area contributed by atoms with Gasteiger partial charge >= 0.3 is 6.09 Å². The van der Waals surface area contributed by atoms with Gasteiger partial charge < -0.3 is 14.9 Å². The molecule has 1 aromatic rings. The van der Waals surface area contributed by atoms with Crippen LogP contribution in [0.2, 0.25) is 7.85 Å². The average Bonchev–Trinajstić information content (AvgIpc) is 2.78. The molecule has 0 aromatic heterocycles. The van der Waals surface area contributed by atoms with E-state index in [9.17, 15) is 9.59 Å². The summed E-state index contributed by atoms with van der Waals surface area (Å²) in [7, 11) is 0. The smallest absolute Gasteiger partial charge is 0.410 e. The summed E-state index contributed by atoms with van der Waals surface area (Å²) in [6.45, 7) is -1.06. The Balaban J connectivity index is 2.16. The van der Waals surface area contributed by atoms with Crippen LogP contribution in [-0.2, 0) is 9.53 Å². The van der Waals surface area contributed by atoms with Crippen LogP contribution in [0.25, 0.3) is 0 Å². The maximum atomic E-state index is 13.1. The minimum atomic E-state index is -3.11. The van der Waals surface area contributed by atoms with E-state index < -0.39 is 55.1 Å². The topological polar surface area (TPSA) is 70.7 Å². The van der Waals surface area contributed by atoms with Gasteiger partial charge in [0.1, 0.15) is 18.7 Å². The van der Waals surface area contributed by atoms with Crippen LogP contribution >= 0.6 is 11.6 Å². The molecule has 136 valence electrons. The fraction of sp³-hybridized carbons (Fsp3) is 0.556. The molecule has 2 heterocycles. The number of amides is 2. The van der Waals surface area contributed by atoms with Crippen molar-refractivity contribution in [1.29, 1.82) is 0 Å². The van der Waals surface area contributed by atoms with Crippen LogP contribution in [0.1, 0.15) is 52.0 Å². The Morgan fingerprint density at radius 3 is 2.80 bits per heavy atom. The van der Waals surface area contributed by atoms with Gasteiger partial charge in [-0.05, 0) is 51.3 Å². The fourth-order valence-electron chi connectivity index (χ4n) is 2.47. The maximum Gasteiger partial charge on any atom is 0.410 e. The van der Waals surface area contributed by atoms with Gasteiger partial charge in [0.25, 0.3) is 0 Å². The zero-order valence-electron chi connectivity index (χ0n) is 21.2. The molecule has 2 unspecified atom stereocenters. The molecule has 2 aliphatic rings. The van der Waals surface area contributed by atoms with Crippen molar-refractivity contribution in [2.24, 2.45) is 0 Å². The van der Waals surface area contributed by atoms with Gasteiger partial charge in [0.15, 0.2) is 1.41 Å². The number of carbonyl (C=O) groups excluding carboxylic acids is 2. The Kier molecular flexibility index (Phi) is 2.87. The summed E-state index contributed by atoms with van der Waals surface area (Å²) in [5, 5.41) is 0.827. The molecule has 2 N–H and O–H groups in total. The van der Waals surface area contributed by atoms with Crippen LogP contribution < -0.4 is 10.6 Å². The summed E-state index contributed by atoms with van der Waals surface area (Å²) >= 11 is 5.88. The lowest BCUT2D eigenvalue weighted by Crippen LogP contribution is -2.61. The van der Waals surface area contributed by atoms with Crippen molar-refractivity contribution in [3.63, 3.8) is 0 Å². The summed E-state index contributed by atoms with van der Waals surface area (Å²) < 4.78 is 64.9. The molecule has 25 heavy (non-hydrogen) atoms. The van der Waals surface area contributed by atoms with Crippen molar-refractivity contribution in [2.75, 3.05) is 13.0 Å². The summed E-state index contributed by atoms with van der Waals surface area (Å²) in [5.74, 6) is -1.22. The number of carbonyl (C=O) groups is 2. The first-order valence-corrected chi connectivity index (χ1v) is 8.23. The van der Waals surface area contributed by atoms with E-state index in [4.69, 9.17) is 26.0 Å². The maximum absolute atomic E-state index is 13.1. The summed E-state index contributed by atoms with van der Waals surface area (Å²) in [4.78, 5) is 26.2. The number of hydrogen-bond donors (Lipinski definition) is 2. The Bertz CT molecular complexity index is 943. The highest BCUT2D eigenvalue weighted by Crippen LogP contribution is 2.30. The van der Waals surface area contributed by atoms with E-state index in [2.05, 4.69) is 0 Å². The summed E-state index contributed by atoms with van der Waals surface area (Å²) in [6, 6.07) is 2.92. The largest absolute Gasteiger partial charge is 0.444 e. The van der Waals surface area contributed by atoms with E-state index in [0.29, 0.717) is 10.3 Å². The number of piperidine rings is 1. The molecule has 3 rings (SSSR count). The molecular weight excluding hydrogens is 342 g/mol. The minimum absolute atomic E-state index is 0.0239. The number of benzene rings is 1. The second-order valence-electron chi connectivity index (χ2n) is 6.79. The van der Waals surface area contributed by atoms with Gasteiger partial charge in [0.2, 0.25) is 5.91 Å². The Morgan fingerprint density at radius 2 is 2.16 bits per heavy atom. The lowest BCUT2D eigenvalue weighted by Gasteiger charge is -2.40. The predicted octanol–water partition coefficient (Wildman–Crippen LogP) is 2.83. The van der Waals surface area contributed by atoms with Crippen molar-refractivity contribution in [3.8, 4) is 0 Å². The van der Waals surface area contributed by atoms with Gasteiger partial charge in [0.05, 0.1) is 10.6 Å². The van der Waals surface area contributed by atoms with E-state index in [1.54, 1.807) is 0 Å². The second-order valence-corrected chi connectivity index (χ2v) is 7.22. The molecule has 0 bridgehead atoms. The van der Waals surface area contributed by atoms with Crippen molar-refractivity contribution in [1.82, 2.24) is 15.5 Å². The van der Waals surface area contributed by atoms with Crippen molar-refractivity contribution in [3.05, 3.63) is 34.9 Å². The number of nitrogens with zero attached hydrogens (tertiary/aromatic N) is 1. The number of rotatable bonds is 1. The van der Waals surface area contributed by atoms with Crippen LogP contribution in [0.3, 0.4) is 0 Å². The second kappa shape index (κ2) is 6.50. The van der Waals surface area contributed by atoms with Crippen molar-refractivity contribution in [2.45, 2.75) is 50.9 Å². The summed E-state index contributed by atoms with van der Waals surface area (Å²) in [5.41, 5.74) is -3.58. The number of nitrogens with one attached hydrogen (secondary N) is 2. The van der Waals surface area contributed by atoms with Crippen LogP contribution in [0, 0.1) is 0 Å². The molecule has 7 heteroatoms. The van der Waals surface area contributed by atoms with Gasteiger partial charge in [-0.2, -0.15) is 0 Å². The normalized spacial score (nSPS) is 38.9. The average molecular weight is 373 g/mol. The predicted molar refractivity (Wildman–Crippen MR) is 95.2 cm³/mol. The van der Waals surface area contributed by atoms with Gasteiger partial charge in [-0.15, -0.1) is 0 Å². The van der Waals surface area contributed by atoms with Crippen molar-refractivity contribution < 1.29 is 24.0 Å². The number of halogens is 1. The fourth-order valence-corrected chi connectivity index (χ4v) is 2.60. The third-order valence-electron chi connectivity index (χ3n) is 3.51. The third kappa shape index (κ3) is 4.07. The van der Waals surface area contributed by atoms with E-state index in [1.807, 2.05) is 0 Å². The molecule has 1 aromatic carbocycles. The molecule has 2 aliphatic heterocycles. The molecule has 0 saturated carbocycles. The SMILES string of the molecule is [2H]N1C(=O)C([2H])(c2ccc(Cl)cc2)N([2H])C12CCC([2H])([2H])N(C(=O)OC(C)(C)C)C2([2H])[2H]. The first kappa shape index (κ1) is 11.0. The zero-order valence-corrected chi connectivity index (χ0v) is 14.9. The molecular formula is C18H24ClN3O3. The molecule has 2 atom stereocenters. The molecule has 6 nitrogen and oxygen atoms in total. The number of ether oxygens (including phenoxy) is 1.